The van der Waals surface area contributed by atoms with Gasteiger partial charge in [-0.25, -0.2) is 0 Å². The summed E-state index contributed by atoms with van der Waals surface area (Å²) in [6.07, 6.45) is 1.58. The highest BCUT2D eigenvalue weighted by Gasteiger charge is 2.28. The molecule has 5 nitrogen and oxygen atoms in total. The van der Waals surface area contributed by atoms with Crippen LogP contribution in [-0.4, -0.2) is 30.2 Å². The molecule has 1 aliphatic carbocycles. The van der Waals surface area contributed by atoms with E-state index in [1.54, 1.807) is 6.07 Å². The van der Waals surface area contributed by atoms with E-state index in [1.807, 2.05) is 0 Å². The standard InChI is InChI=1S/C12H16N2O3/c1-17-9-2-3-11(15)10(6-9)12(16)14-8-4-7(13)5-8/h2-3,6-8,15H,4-5,13H2,1H3,(H,14,16). The largest absolute Gasteiger partial charge is 0.507 e. The van der Waals surface area contributed by atoms with Gasteiger partial charge < -0.3 is 20.9 Å². The summed E-state index contributed by atoms with van der Waals surface area (Å²) in [5.74, 6) is 0.198. The molecule has 1 fully saturated rings. The van der Waals surface area contributed by atoms with Crippen LogP contribution in [0.25, 0.3) is 0 Å². The molecule has 0 saturated heterocycles. The minimum absolute atomic E-state index is 0.0491. The van der Waals surface area contributed by atoms with Crippen LogP contribution in [-0.2, 0) is 0 Å². The number of hydrogen-bond donors (Lipinski definition) is 3. The molecule has 0 aromatic heterocycles. The van der Waals surface area contributed by atoms with E-state index in [4.69, 9.17) is 10.5 Å². The molecule has 1 aromatic rings. The van der Waals surface area contributed by atoms with Gasteiger partial charge in [0.1, 0.15) is 11.5 Å². The lowest BCUT2D eigenvalue weighted by Gasteiger charge is -2.33. The van der Waals surface area contributed by atoms with Gasteiger partial charge in [-0.1, -0.05) is 0 Å². The number of nitrogens with two attached hydrogens (primary N) is 1. The van der Waals surface area contributed by atoms with Gasteiger partial charge in [0, 0.05) is 12.1 Å². The van der Waals surface area contributed by atoms with Crippen LogP contribution in [0.3, 0.4) is 0 Å². The van der Waals surface area contributed by atoms with E-state index < -0.39 is 0 Å². The maximum absolute atomic E-state index is 11.9. The van der Waals surface area contributed by atoms with Crippen molar-refractivity contribution in [3.05, 3.63) is 23.8 Å². The lowest BCUT2D eigenvalue weighted by Crippen LogP contribution is -2.50. The van der Waals surface area contributed by atoms with E-state index in [0.717, 1.165) is 12.8 Å². The van der Waals surface area contributed by atoms with Crippen LogP contribution in [0.15, 0.2) is 18.2 Å². The Balaban J connectivity index is 2.07. The van der Waals surface area contributed by atoms with Crippen LogP contribution in [0.1, 0.15) is 23.2 Å². The van der Waals surface area contributed by atoms with E-state index in [2.05, 4.69) is 5.32 Å². The number of nitrogens with one attached hydrogen (secondary N) is 1. The first kappa shape index (κ1) is 11.7. The molecule has 17 heavy (non-hydrogen) atoms. The zero-order chi connectivity index (χ0) is 12.4. The van der Waals surface area contributed by atoms with Gasteiger partial charge in [-0.2, -0.15) is 0 Å². The van der Waals surface area contributed by atoms with Gasteiger partial charge in [0.05, 0.1) is 12.7 Å². The maximum Gasteiger partial charge on any atom is 0.255 e. The van der Waals surface area contributed by atoms with Gasteiger partial charge in [-0.15, -0.1) is 0 Å². The van der Waals surface area contributed by atoms with Crippen molar-refractivity contribution < 1.29 is 14.6 Å². The zero-order valence-electron chi connectivity index (χ0n) is 9.64. The van der Waals surface area contributed by atoms with Crippen molar-refractivity contribution in [2.75, 3.05) is 7.11 Å². The first-order valence-corrected chi connectivity index (χ1v) is 5.53. The summed E-state index contributed by atoms with van der Waals surface area (Å²) < 4.78 is 5.01. The summed E-state index contributed by atoms with van der Waals surface area (Å²) in [4.78, 5) is 11.9. The molecule has 5 heteroatoms. The molecule has 0 atom stereocenters. The van der Waals surface area contributed by atoms with Crippen LogP contribution in [0.4, 0.5) is 0 Å². The zero-order valence-corrected chi connectivity index (χ0v) is 9.64. The predicted molar refractivity (Wildman–Crippen MR) is 63.1 cm³/mol. The monoisotopic (exact) mass is 236 g/mol. The van der Waals surface area contributed by atoms with Gasteiger partial charge in [-0.3, -0.25) is 4.79 Å². The van der Waals surface area contributed by atoms with Gasteiger partial charge in [0.25, 0.3) is 5.91 Å². The first-order chi connectivity index (χ1) is 8.10. The van der Waals surface area contributed by atoms with E-state index in [-0.39, 0.29) is 29.3 Å². The van der Waals surface area contributed by atoms with Gasteiger partial charge in [-0.05, 0) is 31.0 Å². The normalized spacial score (nSPS) is 22.7. The van der Waals surface area contributed by atoms with E-state index in [9.17, 15) is 9.90 Å². The Hall–Kier alpha value is -1.75. The quantitative estimate of drug-likeness (QED) is 0.718. The van der Waals surface area contributed by atoms with Gasteiger partial charge in [0.2, 0.25) is 0 Å². The molecule has 4 N–H and O–H groups in total. The second-order valence-corrected chi connectivity index (χ2v) is 4.28. The highest BCUT2D eigenvalue weighted by atomic mass is 16.5. The molecule has 1 saturated carbocycles. The molecule has 0 radical (unpaired) electrons. The van der Waals surface area contributed by atoms with Crippen molar-refractivity contribution >= 4 is 5.91 Å². The Labute approximate surface area is 99.6 Å². The average Bonchev–Trinajstić information content (AvgIpc) is 2.27. The third kappa shape index (κ3) is 2.50. The molecule has 92 valence electrons. The topological polar surface area (TPSA) is 84.6 Å². The summed E-state index contributed by atoms with van der Waals surface area (Å²) in [7, 11) is 1.51. The second-order valence-electron chi connectivity index (χ2n) is 4.28. The predicted octanol–water partition coefficient (Wildman–Crippen LogP) is 0.620. The molecule has 1 aromatic carbocycles. The van der Waals surface area contributed by atoms with Crippen LogP contribution in [0.5, 0.6) is 11.5 Å². The number of ether oxygens (including phenoxy) is 1. The number of rotatable bonds is 3. The van der Waals surface area contributed by atoms with Gasteiger partial charge >= 0.3 is 0 Å². The minimum Gasteiger partial charge on any atom is -0.507 e. The number of amides is 1. The fourth-order valence-electron chi connectivity index (χ4n) is 1.87. The van der Waals surface area contributed by atoms with Crippen molar-refractivity contribution in [3.8, 4) is 11.5 Å². The third-order valence-corrected chi connectivity index (χ3v) is 2.96. The molecule has 0 aliphatic heterocycles. The summed E-state index contributed by atoms with van der Waals surface area (Å²) >= 11 is 0. The maximum atomic E-state index is 11.9. The molecule has 1 amide bonds. The first-order valence-electron chi connectivity index (χ1n) is 5.53. The highest BCUT2D eigenvalue weighted by molar-refractivity contribution is 5.97. The number of aromatic hydroxyl groups is 1. The Morgan fingerprint density at radius 1 is 1.53 bits per heavy atom. The van der Waals surface area contributed by atoms with Crippen LogP contribution < -0.4 is 15.8 Å². The lowest BCUT2D eigenvalue weighted by atomic mass is 9.87. The smallest absolute Gasteiger partial charge is 0.255 e. The summed E-state index contributed by atoms with van der Waals surface area (Å²) in [6.45, 7) is 0. The molecule has 0 spiro atoms. The number of carbonyl (C=O) groups is 1. The van der Waals surface area contributed by atoms with Crippen molar-refractivity contribution in [3.63, 3.8) is 0 Å². The fraction of sp³-hybridized carbons (Fsp3) is 0.417. The minimum atomic E-state index is -0.293. The highest BCUT2D eigenvalue weighted by Crippen LogP contribution is 2.24. The summed E-state index contributed by atoms with van der Waals surface area (Å²) in [6, 6.07) is 4.86. The van der Waals surface area contributed by atoms with Crippen molar-refractivity contribution in [1.29, 1.82) is 0 Å². The molecule has 2 rings (SSSR count). The molecule has 1 aliphatic rings. The molecular formula is C12H16N2O3. The summed E-state index contributed by atoms with van der Waals surface area (Å²) in [5.41, 5.74) is 5.86. The average molecular weight is 236 g/mol. The molecule has 0 unspecified atom stereocenters. The van der Waals surface area contributed by atoms with Crippen LogP contribution in [0, 0.1) is 0 Å². The molecule has 0 bridgehead atoms. The number of phenolic OH excluding ortho intramolecular Hbond substituents is 1. The van der Waals surface area contributed by atoms with Crippen LogP contribution >= 0.6 is 0 Å². The number of carbonyl (C=O) groups excluding carboxylic acids is 1. The second kappa shape index (κ2) is 4.63. The Morgan fingerprint density at radius 2 is 2.24 bits per heavy atom. The Bertz CT molecular complexity index is 428. The number of hydrogen-bond acceptors (Lipinski definition) is 4. The third-order valence-electron chi connectivity index (χ3n) is 2.96. The number of benzene rings is 1. The number of phenols is 1. The van der Waals surface area contributed by atoms with Crippen molar-refractivity contribution in [2.45, 2.75) is 24.9 Å². The SMILES string of the molecule is COc1ccc(O)c(C(=O)NC2CC(N)C2)c1. The lowest BCUT2D eigenvalue weighted by molar-refractivity contribution is 0.0907. The van der Waals surface area contributed by atoms with Crippen molar-refractivity contribution in [1.82, 2.24) is 5.32 Å². The van der Waals surface area contributed by atoms with E-state index in [0.29, 0.717) is 5.75 Å². The van der Waals surface area contributed by atoms with Gasteiger partial charge in [0.15, 0.2) is 0 Å². The Morgan fingerprint density at radius 3 is 2.82 bits per heavy atom. The Kier molecular flexibility index (Phi) is 3.19. The summed E-state index contributed by atoms with van der Waals surface area (Å²) in [5, 5.41) is 12.4. The molecule has 0 heterocycles. The van der Waals surface area contributed by atoms with E-state index in [1.165, 1.54) is 19.2 Å². The van der Waals surface area contributed by atoms with E-state index >= 15 is 0 Å². The van der Waals surface area contributed by atoms with Crippen LogP contribution in [0.2, 0.25) is 0 Å². The van der Waals surface area contributed by atoms with Crippen molar-refractivity contribution in [2.24, 2.45) is 5.73 Å². The number of methoxy groups -OCH3 is 1. The fourth-order valence-corrected chi connectivity index (χ4v) is 1.87. The molecular weight excluding hydrogens is 220 g/mol.